The van der Waals surface area contributed by atoms with Gasteiger partial charge in [0.2, 0.25) is 23.5 Å². The Morgan fingerprint density at radius 2 is 1.41 bits per heavy atom. The summed E-state index contributed by atoms with van der Waals surface area (Å²) in [5.41, 5.74) is 0.255. The molecule has 1 aliphatic rings. The van der Waals surface area contributed by atoms with Gasteiger partial charge in [-0.1, -0.05) is 66.7 Å². The summed E-state index contributed by atoms with van der Waals surface area (Å²) in [7, 11) is 2.61. The largest absolute Gasteiger partial charge is 0.482 e. The monoisotopic (exact) mass is 967 g/mol. The summed E-state index contributed by atoms with van der Waals surface area (Å²) >= 11 is 0. The number of benzene rings is 4. The van der Waals surface area contributed by atoms with E-state index in [1.54, 1.807) is 67.6 Å². The highest BCUT2D eigenvalue weighted by molar-refractivity contribution is 6.02. The van der Waals surface area contributed by atoms with Crippen molar-refractivity contribution in [3.63, 3.8) is 0 Å². The number of esters is 2. The van der Waals surface area contributed by atoms with E-state index in [4.69, 9.17) is 18.9 Å². The summed E-state index contributed by atoms with van der Waals surface area (Å²) in [6, 6.07) is 19.3. The van der Waals surface area contributed by atoms with E-state index in [1.807, 2.05) is 0 Å². The molecule has 0 saturated carbocycles. The molecular formula is C48H53N7O15. The molecule has 4 aromatic carbocycles. The molecule has 22 nitrogen and oxygen atoms in total. The fraction of sp³-hybridized carbons (Fsp3) is 0.354. The van der Waals surface area contributed by atoms with E-state index in [1.165, 1.54) is 58.0 Å². The molecule has 370 valence electrons. The van der Waals surface area contributed by atoms with Gasteiger partial charge >= 0.3 is 23.7 Å². The fourth-order valence-corrected chi connectivity index (χ4v) is 7.21. The lowest BCUT2D eigenvalue weighted by Crippen LogP contribution is -2.58. The number of nitrogens with zero attached hydrogens (tertiary/aromatic N) is 5. The Kier molecular flexibility index (Phi) is 18.0. The van der Waals surface area contributed by atoms with Crippen LogP contribution >= 0.6 is 0 Å². The van der Waals surface area contributed by atoms with Crippen molar-refractivity contribution in [1.82, 2.24) is 25.3 Å². The van der Waals surface area contributed by atoms with Crippen molar-refractivity contribution in [3.8, 4) is 11.5 Å². The lowest BCUT2D eigenvalue weighted by atomic mass is 10.1. The number of nitrogens with one attached hydrogen (secondary N) is 2. The van der Waals surface area contributed by atoms with Crippen molar-refractivity contribution in [2.24, 2.45) is 0 Å². The van der Waals surface area contributed by atoms with Gasteiger partial charge in [-0.3, -0.25) is 39.4 Å². The maximum atomic E-state index is 14.2. The molecule has 1 heterocycles. The van der Waals surface area contributed by atoms with Gasteiger partial charge in [-0.25, -0.2) is 14.4 Å². The second-order valence-electron chi connectivity index (χ2n) is 16.4. The van der Waals surface area contributed by atoms with Crippen molar-refractivity contribution in [2.45, 2.75) is 84.0 Å². The third-order valence-electron chi connectivity index (χ3n) is 11.3. The number of rotatable bonds is 20. The van der Waals surface area contributed by atoms with Crippen LogP contribution in [0.15, 0.2) is 97.1 Å². The van der Waals surface area contributed by atoms with Crippen LogP contribution in [0, 0.1) is 27.2 Å². The Bertz CT molecular complexity index is 2580. The van der Waals surface area contributed by atoms with Gasteiger partial charge in [0.05, 0.1) is 9.85 Å². The van der Waals surface area contributed by atoms with Crippen LogP contribution < -0.4 is 20.1 Å². The molecule has 0 spiro atoms. The number of nitro groups is 2. The lowest BCUT2D eigenvalue weighted by molar-refractivity contribution is -0.386. The molecule has 5 rings (SSSR count). The molecule has 70 heavy (non-hydrogen) atoms. The molecule has 1 fully saturated rings. The van der Waals surface area contributed by atoms with Gasteiger partial charge in [-0.2, -0.15) is 0 Å². The van der Waals surface area contributed by atoms with Crippen molar-refractivity contribution >= 4 is 53.0 Å². The minimum absolute atomic E-state index is 0.00138. The molecule has 0 radical (unpaired) electrons. The Hall–Kier alpha value is -8.43. The van der Waals surface area contributed by atoms with Crippen molar-refractivity contribution < 1.29 is 62.4 Å². The van der Waals surface area contributed by atoms with Crippen LogP contribution in [0.1, 0.15) is 60.7 Å². The minimum atomic E-state index is -1.85. The zero-order valence-electron chi connectivity index (χ0n) is 39.2. The highest BCUT2D eigenvalue weighted by atomic mass is 16.6. The quantitative estimate of drug-likeness (QED) is 0.0528. The van der Waals surface area contributed by atoms with Gasteiger partial charge in [0, 0.05) is 32.8 Å². The summed E-state index contributed by atoms with van der Waals surface area (Å²) < 4.78 is 22.2. The lowest BCUT2D eigenvalue weighted by Gasteiger charge is -2.30. The van der Waals surface area contributed by atoms with Crippen molar-refractivity contribution in [1.29, 1.82) is 0 Å². The maximum absolute atomic E-state index is 14.2. The van der Waals surface area contributed by atoms with Gasteiger partial charge in [0.15, 0.2) is 0 Å². The maximum Gasteiger partial charge on any atom is 0.410 e. The number of carbonyl (C=O) groups excluding carboxylic acids is 7. The molecule has 0 bridgehead atoms. The van der Waals surface area contributed by atoms with Crippen molar-refractivity contribution in [2.75, 3.05) is 27.2 Å². The fourth-order valence-electron chi connectivity index (χ4n) is 7.21. The Balaban J connectivity index is 1.33. The average molecular weight is 968 g/mol. The van der Waals surface area contributed by atoms with Crippen LogP contribution in [-0.2, 0) is 46.7 Å². The van der Waals surface area contributed by atoms with Gasteiger partial charge < -0.3 is 44.3 Å². The zero-order chi connectivity index (χ0) is 51.2. The Morgan fingerprint density at radius 1 is 0.800 bits per heavy atom. The molecule has 1 aliphatic heterocycles. The molecule has 22 heteroatoms. The van der Waals surface area contributed by atoms with Gasteiger partial charge in [-0.05, 0) is 75.4 Å². The average Bonchev–Trinajstić information content (AvgIpc) is 3.84. The number of ether oxygens (including phenoxy) is 4. The molecule has 5 amide bonds. The van der Waals surface area contributed by atoms with Crippen LogP contribution in [0.25, 0.3) is 0 Å². The van der Waals surface area contributed by atoms with Crippen molar-refractivity contribution in [3.05, 3.63) is 140 Å². The van der Waals surface area contributed by atoms with E-state index < -0.39 is 99.6 Å². The Labute approximate surface area is 402 Å². The zero-order valence-corrected chi connectivity index (χ0v) is 39.2. The highest BCUT2D eigenvalue weighted by Crippen LogP contribution is 2.35. The third-order valence-corrected chi connectivity index (χ3v) is 11.3. The summed E-state index contributed by atoms with van der Waals surface area (Å²) in [5.74, 6) is -5.77. The first-order valence-electron chi connectivity index (χ1n) is 22.0. The first-order chi connectivity index (χ1) is 33.3. The number of hydrogen-bond donors (Lipinski definition) is 2. The summed E-state index contributed by atoms with van der Waals surface area (Å²) in [6.45, 7) is 4.87. The Morgan fingerprint density at radius 3 is 2.01 bits per heavy atom. The molecule has 1 saturated heterocycles. The van der Waals surface area contributed by atoms with E-state index >= 15 is 0 Å². The topological polar surface area (TPSA) is 276 Å². The number of aryl methyl sites for hydroxylation is 1. The molecule has 0 unspecified atom stereocenters. The standard InChI is InChI=1S/C48H53N7O15/c1-29-19-24-37(41(55(65)66)42(29)67-27-33-14-9-7-10-15-33)43(57)50-40(32(4)69-46(60)31(3)52(6)39(56)26-51(5)48(62)68-28-34-16-11-8-12-17-34)44(58)49-30(2)45(59)53-25-13-18-38(53)47(61)70-36-22-20-35(21-23-36)54(63)64/h7-12,14-17,19-24,30-32,38,40H,13,18,25-28H2,1-6H3,(H,49,58)(H,50,57)/t30-,31+,32-,38+,40+/m1/s1. The number of non-ortho nitro benzene ring substituents is 1. The number of carbonyl (C=O) groups is 7. The van der Waals surface area contributed by atoms with E-state index in [0.717, 1.165) is 33.6 Å². The molecule has 0 aromatic heterocycles. The van der Waals surface area contributed by atoms with Crippen LogP contribution in [0.2, 0.25) is 0 Å². The molecule has 4 aromatic rings. The molecule has 0 aliphatic carbocycles. The van der Waals surface area contributed by atoms with E-state index in [9.17, 15) is 53.8 Å². The SMILES string of the molecule is Cc1ccc(C(=O)N[C@H](C(=O)N[C@H](C)C(=O)N2CCC[C@H]2C(=O)Oc2ccc([N+](=O)[O-])cc2)[C@@H](C)OC(=O)[C@H](C)N(C)C(=O)CN(C)C(=O)OCc2ccccc2)c([N+](=O)[O-])c1OCc1ccccc1. The van der Waals surface area contributed by atoms with Crippen LogP contribution in [0.3, 0.4) is 0 Å². The summed E-state index contributed by atoms with van der Waals surface area (Å²) in [5, 5.41) is 28.6. The summed E-state index contributed by atoms with van der Waals surface area (Å²) in [6.07, 6.45) is -1.80. The second kappa shape index (κ2) is 24.0. The van der Waals surface area contributed by atoms with E-state index in [0.29, 0.717) is 17.5 Å². The predicted molar refractivity (Wildman–Crippen MR) is 248 cm³/mol. The minimum Gasteiger partial charge on any atom is -0.482 e. The summed E-state index contributed by atoms with van der Waals surface area (Å²) in [4.78, 5) is 120. The first kappa shape index (κ1) is 52.5. The third kappa shape index (κ3) is 13.6. The number of hydrogen-bond acceptors (Lipinski definition) is 15. The van der Waals surface area contributed by atoms with E-state index in [2.05, 4.69) is 10.6 Å². The smallest absolute Gasteiger partial charge is 0.410 e. The van der Waals surface area contributed by atoms with Crippen LogP contribution in [0.4, 0.5) is 16.2 Å². The van der Waals surface area contributed by atoms with Gasteiger partial charge in [0.1, 0.15) is 61.3 Å². The predicted octanol–water partition coefficient (Wildman–Crippen LogP) is 4.64. The normalized spacial score (nSPS) is 14.7. The van der Waals surface area contributed by atoms with E-state index in [-0.39, 0.29) is 43.4 Å². The number of likely N-dealkylation sites (N-methyl/N-ethyl adjacent to an activating group) is 2. The molecular weight excluding hydrogens is 915 g/mol. The number of nitro benzene ring substituents is 2. The highest BCUT2D eigenvalue weighted by Gasteiger charge is 2.40. The number of likely N-dealkylation sites (tertiary alicyclic amines) is 1. The first-order valence-corrected chi connectivity index (χ1v) is 22.0. The van der Waals surface area contributed by atoms with Gasteiger partial charge in [0.25, 0.3) is 11.6 Å². The molecule has 2 N–H and O–H groups in total. The van der Waals surface area contributed by atoms with Gasteiger partial charge in [-0.15, -0.1) is 0 Å². The van der Waals surface area contributed by atoms with Crippen LogP contribution in [0.5, 0.6) is 11.5 Å². The second-order valence-corrected chi connectivity index (χ2v) is 16.4. The number of amides is 5. The molecule has 5 atom stereocenters. The van der Waals surface area contributed by atoms with Crippen LogP contribution in [-0.4, -0.2) is 124 Å².